The van der Waals surface area contributed by atoms with Crippen molar-refractivity contribution in [1.29, 1.82) is 0 Å². The van der Waals surface area contributed by atoms with Crippen molar-refractivity contribution < 1.29 is 18.7 Å². The molecule has 2 aliphatic heterocycles. The molecule has 8 heteroatoms. The molecule has 29 heavy (non-hydrogen) atoms. The third-order valence-corrected chi connectivity index (χ3v) is 6.09. The van der Waals surface area contributed by atoms with E-state index in [1.165, 1.54) is 23.9 Å². The summed E-state index contributed by atoms with van der Waals surface area (Å²) in [7, 11) is 0. The first-order chi connectivity index (χ1) is 13.7. The topological polar surface area (TPSA) is 70.7 Å². The Morgan fingerprint density at radius 2 is 2.07 bits per heavy atom. The molecule has 0 aliphatic carbocycles. The Kier molecular flexibility index (Phi) is 5.06. The van der Waals surface area contributed by atoms with Crippen LogP contribution in [-0.2, 0) is 9.53 Å². The molecule has 1 unspecified atom stereocenters. The van der Waals surface area contributed by atoms with Crippen molar-refractivity contribution in [3.8, 4) is 0 Å². The van der Waals surface area contributed by atoms with Crippen LogP contribution >= 0.6 is 11.8 Å². The second-order valence-corrected chi connectivity index (χ2v) is 9.49. The molecule has 2 aromatic carbocycles. The number of likely N-dealkylation sites (tertiary alicyclic amines) is 1. The van der Waals surface area contributed by atoms with Gasteiger partial charge in [0.2, 0.25) is 5.91 Å². The van der Waals surface area contributed by atoms with Crippen LogP contribution in [0, 0.1) is 11.7 Å². The van der Waals surface area contributed by atoms with Gasteiger partial charge in [0.25, 0.3) is 0 Å². The molecule has 2 heterocycles. The predicted molar refractivity (Wildman–Crippen MR) is 111 cm³/mol. The van der Waals surface area contributed by atoms with E-state index in [4.69, 9.17) is 4.74 Å². The molecule has 1 saturated heterocycles. The molecule has 0 bridgehead atoms. The van der Waals surface area contributed by atoms with Gasteiger partial charge in [0.05, 0.1) is 11.6 Å². The van der Waals surface area contributed by atoms with Gasteiger partial charge in [-0.05, 0) is 56.2 Å². The van der Waals surface area contributed by atoms with Crippen LogP contribution in [0.25, 0.3) is 10.8 Å². The number of halogens is 1. The van der Waals surface area contributed by atoms with Gasteiger partial charge in [0.15, 0.2) is 5.50 Å². The minimum absolute atomic E-state index is 0.0933. The number of hydrogen-bond acceptors (Lipinski definition) is 5. The lowest BCUT2D eigenvalue weighted by Gasteiger charge is -2.24. The first kappa shape index (κ1) is 19.8. The largest absolute Gasteiger partial charge is 0.444 e. The van der Waals surface area contributed by atoms with E-state index in [9.17, 15) is 14.0 Å². The fourth-order valence-electron chi connectivity index (χ4n) is 3.58. The minimum atomic E-state index is -0.556. The highest BCUT2D eigenvalue weighted by atomic mass is 32.2. The molecule has 2 amide bonds. The maximum atomic E-state index is 13.5. The molecular formula is C21H24FN3O3S. The molecule has 0 radical (unpaired) electrons. The molecule has 0 spiro atoms. The number of amides is 2. The number of carbonyl (C=O) groups is 2. The highest BCUT2D eigenvalue weighted by Crippen LogP contribution is 2.42. The summed E-state index contributed by atoms with van der Waals surface area (Å²) in [6.45, 7) is 6.33. The molecule has 154 valence electrons. The number of ether oxygens (including phenoxy) is 1. The van der Waals surface area contributed by atoms with Gasteiger partial charge in [-0.1, -0.05) is 23.9 Å². The van der Waals surface area contributed by atoms with E-state index in [0.29, 0.717) is 19.5 Å². The number of nitrogens with zero attached hydrogens (tertiary/aromatic N) is 1. The number of fused-ring (bicyclic) bond motifs is 3. The monoisotopic (exact) mass is 417 g/mol. The van der Waals surface area contributed by atoms with Gasteiger partial charge in [0.1, 0.15) is 11.4 Å². The van der Waals surface area contributed by atoms with Crippen LogP contribution in [0.15, 0.2) is 35.2 Å². The molecule has 4 rings (SSSR count). The maximum absolute atomic E-state index is 13.5. The Hall–Kier alpha value is -2.48. The number of benzene rings is 2. The maximum Gasteiger partial charge on any atom is 0.410 e. The Bertz CT molecular complexity index is 976. The number of hydrogen-bond donors (Lipinski definition) is 2. The number of thioether (sulfide) groups is 1. The van der Waals surface area contributed by atoms with Crippen LogP contribution < -0.4 is 10.6 Å². The molecule has 0 aromatic heterocycles. The zero-order valence-corrected chi connectivity index (χ0v) is 17.4. The van der Waals surface area contributed by atoms with E-state index in [2.05, 4.69) is 10.6 Å². The van der Waals surface area contributed by atoms with Gasteiger partial charge in [-0.25, -0.2) is 9.18 Å². The van der Waals surface area contributed by atoms with Crippen molar-refractivity contribution in [1.82, 2.24) is 10.2 Å². The summed E-state index contributed by atoms with van der Waals surface area (Å²) in [6, 6.07) is 8.48. The fraction of sp³-hybridized carbons (Fsp3) is 0.429. The molecule has 0 saturated carbocycles. The fourth-order valence-corrected chi connectivity index (χ4v) is 4.74. The van der Waals surface area contributed by atoms with Gasteiger partial charge in [-0.2, -0.15) is 0 Å². The van der Waals surface area contributed by atoms with Crippen LogP contribution in [0.4, 0.5) is 14.9 Å². The van der Waals surface area contributed by atoms with Gasteiger partial charge in [-0.15, -0.1) is 0 Å². The smallest absolute Gasteiger partial charge is 0.410 e. The lowest BCUT2D eigenvalue weighted by Crippen LogP contribution is -2.41. The Morgan fingerprint density at radius 3 is 2.83 bits per heavy atom. The first-order valence-electron chi connectivity index (χ1n) is 9.63. The van der Waals surface area contributed by atoms with E-state index in [1.807, 2.05) is 32.9 Å². The molecule has 2 aliphatic rings. The predicted octanol–water partition coefficient (Wildman–Crippen LogP) is 4.15. The second-order valence-electron chi connectivity index (χ2n) is 8.37. The van der Waals surface area contributed by atoms with Crippen molar-refractivity contribution in [3.63, 3.8) is 0 Å². The van der Waals surface area contributed by atoms with Crippen LogP contribution in [0.3, 0.4) is 0 Å². The third kappa shape index (κ3) is 4.27. The number of rotatable bonds is 2. The van der Waals surface area contributed by atoms with Crippen molar-refractivity contribution in [2.75, 3.05) is 18.4 Å². The zero-order valence-electron chi connectivity index (χ0n) is 16.6. The van der Waals surface area contributed by atoms with Gasteiger partial charge in [0, 0.05) is 18.0 Å². The van der Waals surface area contributed by atoms with E-state index < -0.39 is 5.60 Å². The molecule has 2 aromatic rings. The number of nitrogens with one attached hydrogen (secondary N) is 2. The molecule has 6 nitrogen and oxygen atoms in total. The number of anilines is 1. The first-order valence-corrected chi connectivity index (χ1v) is 10.5. The lowest BCUT2D eigenvalue weighted by molar-refractivity contribution is -0.124. The Morgan fingerprint density at radius 1 is 1.28 bits per heavy atom. The van der Waals surface area contributed by atoms with Crippen LogP contribution in [-0.4, -0.2) is 41.1 Å². The SMILES string of the molecule is CC(C)(C)OC(=O)N1CC[C@H](C(=O)NC2Nc3ccc4cc(F)ccc4c3S2)C1. The average Bonchev–Trinajstić information content (AvgIpc) is 3.26. The lowest BCUT2D eigenvalue weighted by atomic mass is 10.1. The van der Waals surface area contributed by atoms with E-state index in [1.54, 1.807) is 11.0 Å². The number of carbonyl (C=O) groups excluding carboxylic acids is 2. The van der Waals surface area contributed by atoms with Crippen molar-refractivity contribution >= 4 is 40.2 Å². The van der Waals surface area contributed by atoms with E-state index in [0.717, 1.165) is 21.4 Å². The molecule has 1 fully saturated rings. The van der Waals surface area contributed by atoms with Crippen LogP contribution in [0.5, 0.6) is 0 Å². The second kappa shape index (κ2) is 7.40. The average molecular weight is 418 g/mol. The highest BCUT2D eigenvalue weighted by molar-refractivity contribution is 8.00. The summed E-state index contributed by atoms with van der Waals surface area (Å²) in [5.41, 5.74) is 0.0594. The summed E-state index contributed by atoms with van der Waals surface area (Å²) in [5, 5.41) is 8.09. The van der Waals surface area contributed by atoms with Crippen molar-refractivity contribution in [2.45, 2.75) is 43.2 Å². The van der Waals surface area contributed by atoms with E-state index in [-0.39, 0.29) is 29.2 Å². The summed E-state index contributed by atoms with van der Waals surface area (Å²) in [5.74, 6) is -0.627. The zero-order chi connectivity index (χ0) is 20.8. The Balaban J connectivity index is 1.37. The summed E-state index contributed by atoms with van der Waals surface area (Å²) in [6.07, 6.45) is 0.227. The van der Waals surface area contributed by atoms with Crippen LogP contribution in [0.2, 0.25) is 0 Å². The van der Waals surface area contributed by atoms with E-state index >= 15 is 0 Å². The van der Waals surface area contributed by atoms with Gasteiger partial charge in [-0.3, -0.25) is 4.79 Å². The van der Waals surface area contributed by atoms with Crippen molar-refractivity contribution in [2.24, 2.45) is 5.92 Å². The van der Waals surface area contributed by atoms with Gasteiger partial charge >= 0.3 is 6.09 Å². The molecule has 2 N–H and O–H groups in total. The minimum Gasteiger partial charge on any atom is -0.444 e. The highest BCUT2D eigenvalue weighted by Gasteiger charge is 2.35. The molecule has 2 atom stereocenters. The summed E-state index contributed by atoms with van der Waals surface area (Å²) < 4.78 is 18.9. The summed E-state index contributed by atoms with van der Waals surface area (Å²) >= 11 is 1.50. The Labute approximate surface area is 173 Å². The molecular weight excluding hydrogens is 393 g/mol. The van der Waals surface area contributed by atoms with Crippen LogP contribution in [0.1, 0.15) is 27.2 Å². The normalized spacial score (nSPS) is 21.0. The van der Waals surface area contributed by atoms with Gasteiger partial charge < -0.3 is 20.3 Å². The van der Waals surface area contributed by atoms with Crippen molar-refractivity contribution in [3.05, 3.63) is 36.1 Å². The third-order valence-electron chi connectivity index (χ3n) is 4.94. The quantitative estimate of drug-likeness (QED) is 0.768. The standard InChI is InChI=1S/C21H24FN3O3S/c1-21(2,3)28-20(27)25-9-8-13(11-25)18(26)24-19-23-16-7-4-12-10-14(22)5-6-15(12)17(16)29-19/h4-7,10,13,19,23H,8-9,11H2,1-3H3,(H,24,26)/t13-,19?/m0/s1. The summed E-state index contributed by atoms with van der Waals surface area (Å²) in [4.78, 5) is 27.5.